The van der Waals surface area contributed by atoms with Gasteiger partial charge >= 0.3 is 0 Å². The molecule has 0 radical (unpaired) electrons. The monoisotopic (exact) mass is 242 g/mol. The third-order valence-corrected chi connectivity index (χ3v) is 3.01. The molecule has 1 atom stereocenters. The lowest BCUT2D eigenvalue weighted by molar-refractivity contribution is 0.210. The van der Waals surface area contributed by atoms with Crippen LogP contribution in [-0.2, 0) is 0 Å². The van der Waals surface area contributed by atoms with Crippen LogP contribution in [0.1, 0.15) is 30.9 Å². The summed E-state index contributed by atoms with van der Waals surface area (Å²) >= 11 is 3.26. The first-order chi connectivity index (χ1) is 6.29. The van der Waals surface area contributed by atoms with Crippen molar-refractivity contribution in [2.24, 2.45) is 0 Å². The van der Waals surface area contributed by atoms with E-state index in [1.165, 1.54) is 0 Å². The van der Waals surface area contributed by atoms with Gasteiger partial charge < -0.3 is 9.52 Å². The van der Waals surface area contributed by atoms with Crippen molar-refractivity contribution in [3.63, 3.8) is 0 Å². The second kappa shape index (κ2) is 3.68. The van der Waals surface area contributed by atoms with Crippen molar-refractivity contribution < 1.29 is 9.52 Å². The predicted octanol–water partition coefficient (Wildman–Crippen LogP) is 3.19. The Morgan fingerprint density at radius 1 is 1.54 bits per heavy atom. The smallest absolute Gasteiger partial charge is 0.175 e. The van der Waals surface area contributed by atoms with E-state index < -0.39 is 6.10 Å². The van der Waals surface area contributed by atoms with Gasteiger partial charge in [0.15, 0.2) is 4.67 Å². The molecule has 1 aromatic heterocycles. The Morgan fingerprint density at radius 2 is 2.38 bits per heavy atom. The van der Waals surface area contributed by atoms with Crippen molar-refractivity contribution in [1.29, 1.82) is 0 Å². The zero-order valence-electron chi connectivity index (χ0n) is 7.16. The molecule has 0 aromatic carbocycles. The summed E-state index contributed by atoms with van der Waals surface area (Å²) < 4.78 is 5.71. The summed E-state index contributed by atoms with van der Waals surface area (Å²) in [6.45, 7) is 0. The topological polar surface area (TPSA) is 33.4 Å². The first kappa shape index (κ1) is 9.03. The van der Waals surface area contributed by atoms with E-state index in [2.05, 4.69) is 22.0 Å². The molecule has 0 saturated carbocycles. The molecule has 1 aromatic rings. The van der Waals surface area contributed by atoms with E-state index in [0.717, 1.165) is 30.4 Å². The number of rotatable bonds is 2. The maximum atomic E-state index is 9.93. The Hall–Kier alpha value is -0.540. The van der Waals surface area contributed by atoms with Gasteiger partial charge in [0, 0.05) is 5.56 Å². The third kappa shape index (κ3) is 1.71. The van der Waals surface area contributed by atoms with Crippen LogP contribution in [0, 0.1) is 0 Å². The summed E-state index contributed by atoms with van der Waals surface area (Å²) in [5.41, 5.74) is 1.94. The summed E-state index contributed by atoms with van der Waals surface area (Å²) in [5, 5.41) is 9.93. The van der Waals surface area contributed by atoms with Crippen LogP contribution in [0.4, 0.5) is 0 Å². The van der Waals surface area contributed by atoms with E-state index in [4.69, 9.17) is 4.42 Å². The van der Waals surface area contributed by atoms with Gasteiger partial charge in [-0.15, -0.1) is 0 Å². The Bertz CT molecular complexity index is 327. The van der Waals surface area contributed by atoms with Crippen LogP contribution in [0.15, 0.2) is 33.1 Å². The van der Waals surface area contributed by atoms with Crippen LogP contribution in [0.5, 0.6) is 0 Å². The molecular formula is C10H11BrO2. The first-order valence-electron chi connectivity index (χ1n) is 4.39. The van der Waals surface area contributed by atoms with E-state index in [-0.39, 0.29) is 0 Å². The highest BCUT2D eigenvalue weighted by Gasteiger charge is 2.19. The molecule has 2 rings (SSSR count). The minimum absolute atomic E-state index is 0.490. The number of halogens is 1. The quantitative estimate of drug-likeness (QED) is 0.809. The maximum Gasteiger partial charge on any atom is 0.175 e. The third-order valence-electron chi connectivity index (χ3n) is 2.37. The molecule has 1 unspecified atom stereocenters. The van der Waals surface area contributed by atoms with Crippen molar-refractivity contribution in [3.8, 4) is 0 Å². The molecule has 1 heterocycles. The number of allylic oxidation sites excluding steroid dienone is 1. The zero-order chi connectivity index (χ0) is 9.26. The normalized spacial score (nSPS) is 18.8. The molecule has 1 N–H and O–H groups in total. The summed E-state index contributed by atoms with van der Waals surface area (Å²) in [7, 11) is 0. The van der Waals surface area contributed by atoms with Gasteiger partial charge in [-0.3, -0.25) is 0 Å². The average molecular weight is 243 g/mol. The van der Waals surface area contributed by atoms with Crippen molar-refractivity contribution in [2.75, 3.05) is 0 Å². The van der Waals surface area contributed by atoms with Crippen LogP contribution in [0.3, 0.4) is 0 Å². The SMILES string of the molecule is OC(C1=CCCC1)c1ccoc1Br. The standard InChI is InChI=1S/C10H11BrO2/c11-10-8(5-6-13-10)9(12)7-3-1-2-4-7/h3,5-6,9,12H,1-2,4H2. The molecule has 1 aliphatic carbocycles. The molecule has 13 heavy (non-hydrogen) atoms. The van der Waals surface area contributed by atoms with E-state index in [1.807, 2.05) is 0 Å². The van der Waals surface area contributed by atoms with Crippen molar-refractivity contribution in [1.82, 2.24) is 0 Å². The van der Waals surface area contributed by atoms with Crippen molar-refractivity contribution >= 4 is 15.9 Å². The summed E-state index contributed by atoms with van der Waals surface area (Å²) in [5.74, 6) is 0. The number of aliphatic hydroxyl groups excluding tert-OH is 1. The number of hydrogen-bond acceptors (Lipinski definition) is 2. The molecule has 3 heteroatoms. The minimum atomic E-state index is -0.490. The van der Waals surface area contributed by atoms with Gasteiger partial charge in [-0.25, -0.2) is 0 Å². The molecule has 1 aliphatic rings. The van der Waals surface area contributed by atoms with Crippen LogP contribution in [-0.4, -0.2) is 5.11 Å². The molecule has 0 aliphatic heterocycles. The molecule has 0 fully saturated rings. The highest BCUT2D eigenvalue weighted by molar-refractivity contribution is 9.10. The van der Waals surface area contributed by atoms with E-state index in [9.17, 15) is 5.11 Å². The Labute approximate surface area is 85.4 Å². The second-order valence-electron chi connectivity index (χ2n) is 3.22. The molecule has 0 bridgehead atoms. The summed E-state index contributed by atoms with van der Waals surface area (Å²) in [4.78, 5) is 0. The van der Waals surface area contributed by atoms with Crippen LogP contribution in [0.25, 0.3) is 0 Å². The lowest BCUT2D eigenvalue weighted by Crippen LogP contribution is -1.98. The van der Waals surface area contributed by atoms with E-state index in [0.29, 0.717) is 4.67 Å². The fourth-order valence-electron chi connectivity index (χ4n) is 1.64. The van der Waals surface area contributed by atoms with Crippen LogP contribution < -0.4 is 0 Å². The maximum absolute atomic E-state index is 9.93. The number of hydrogen-bond donors (Lipinski definition) is 1. The predicted molar refractivity (Wildman–Crippen MR) is 53.3 cm³/mol. The van der Waals surface area contributed by atoms with Gasteiger partial charge in [0.05, 0.1) is 6.26 Å². The highest BCUT2D eigenvalue weighted by Crippen LogP contribution is 2.34. The van der Waals surface area contributed by atoms with Gasteiger partial charge in [0.25, 0.3) is 0 Å². The summed E-state index contributed by atoms with van der Waals surface area (Å²) in [6.07, 6.45) is 6.45. The summed E-state index contributed by atoms with van der Waals surface area (Å²) in [6, 6.07) is 1.80. The van der Waals surface area contributed by atoms with Gasteiger partial charge in [-0.1, -0.05) is 6.08 Å². The Balaban J connectivity index is 2.21. The molecule has 70 valence electrons. The fraction of sp³-hybridized carbons (Fsp3) is 0.400. The first-order valence-corrected chi connectivity index (χ1v) is 5.18. The number of furan rings is 1. The van der Waals surface area contributed by atoms with Gasteiger partial charge in [-0.2, -0.15) is 0 Å². The largest absolute Gasteiger partial charge is 0.457 e. The average Bonchev–Trinajstić information content (AvgIpc) is 2.72. The molecule has 0 amide bonds. The van der Waals surface area contributed by atoms with E-state index >= 15 is 0 Å². The highest BCUT2D eigenvalue weighted by atomic mass is 79.9. The van der Waals surface area contributed by atoms with Crippen molar-refractivity contribution in [3.05, 3.63) is 34.2 Å². The number of aliphatic hydroxyl groups is 1. The lowest BCUT2D eigenvalue weighted by Gasteiger charge is -2.09. The minimum Gasteiger partial charge on any atom is -0.457 e. The molecule has 0 spiro atoms. The Kier molecular flexibility index (Phi) is 2.56. The van der Waals surface area contributed by atoms with Crippen LogP contribution >= 0.6 is 15.9 Å². The lowest BCUT2D eigenvalue weighted by atomic mass is 10.0. The van der Waals surface area contributed by atoms with Gasteiger partial charge in [-0.05, 0) is 46.8 Å². The fourth-order valence-corrected chi connectivity index (χ4v) is 2.10. The van der Waals surface area contributed by atoms with Crippen molar-refractivity contribution in [2.45, 2.75) is 25.4 Å². The second-order valence-corrected chi connectivity index (χ2v) is 3.94. The zero-order valence-corrected chi connectivity index (χ0v) is 8.75. The Morgan fingerprint density at radius 3 is 2.92 bits per heavy atom. The van der Waals surface area contributed by atoms with Gasteiger partial charge in [0.2, 0.25) is 0 Å². The van der Waals surface area contributed by atoms with Gasteiger partial charge in [0.1, 0.15) is 6.10 Å². The van der Waals surface area contributed by atoms with Crippen LogP contribution in [0.2, 0.25) is 0 Å². The molecule has 2 nitrogen and oxygen atoms in total. The van der Waals surface area contributed by atoms with E-state index in [1.54, 1.807) is 12.3 Å². The molecular weight excluding hydrogens is 232 g/mol. The molecule has 0 saturated heterocycles.